The molecule has 1 rings (SSSR count). The maximum atomic E-state index is 13.0. The van der Waals surface area contributed by atoms with Gasteiger partial charge in [-0.1, -0.05) is 206 Å². The molecule has 1 aliphatic heterocycles. The fourth-order valence-electron chi connectivity index (χ4n) is 8.20. The Hall–Kier alpha value is -1.60. The number of amides is 1. The minimum atomic E-state index is -1.57. The van der Waals surface area contributed by atoms with E-state index in [9.17, 15) is 35.1 Å². The Morgan fingerprint density at radius 3 is 1.50 bits per heavy atom. The van der Waals surface area contributed by atoms with E-state index in [1.54, 1.807) is 6.08 Å². The number of ether oxygens (including phenoxy) is 3. The van der Waals surface area contributed by atoms with E-state index in [2.05, 4.69) is 19.2 Å². The Morgan fingerprint density at radius 2 is 1.02 bits per heavy atom. The Kier molecular flexibility index (Phi) is 39.6. The number of rotatable bonds is 44. The third-order valence-corrected chi connectivity index (χ3v) is 12.4. The molecule has 1 saturated heterocycles. The van der Waals surface area contributed by atoms with E-state index < -0.39 is 49.5 Å². The molecule has 0 bridgehead atoms. The second-order valence-corrected chi connectivity index (χ2v) is 18.2. The smallest absolute Gasteiger partial charge is 0.305 e. The number of unbranched alkanes of at least 4 members (excludes halogenated alkanes) is 30. The molecule has 11 heteroatoms. The van der Waals surface area contributed by atoms with Crippen LogP contribution in [0.25, 0.3) is 0 Å². The van der Waals surface area contributed by atoms with Crippen LogP contribution >= 0.6 is 0 Å². The third kappa shape index (κ3) is 32.1. The van der Waals surface area contributed by atoms with E-state index in [1.165, 1.54) is 141 Å². The predicted molar refractivity (Wildman–Crippen MR) is 251 cm³/mol. The van der Waals surface area contributed by atoms with Gasteiger partial charge in [-0.25, -0.2) is 0 Å². The SMILES string of the molecule is CCCCCCCCCC/C=C/C(O)C(COC1OC(CO)C(O)C(O)C1O)NC(=O)CCCCCCCCCCCCCCCOC(=O)CCCCCCCCCCCCC. The van der Waals surface area contributed by atoms with Crippen LogP contribution in [0.5, 0.6) is 0 Å². The summed E-state index contributed by atoms with van der Waals surface area (Å²) in [5.41, 5.74) is 0. The first kappa shape index (κ1) is 58.4. The van der Waals surface area contributed by atoms with Gasteiger partial charge in [-0.15, -0.1) is 0 Å². The first-order valence-electron chi connectivity index (χ1n) is 26.0. The molecule has 0 aliphatic carbocycles. The largest absolute Gasteiger partial charge is 0.466 e. The minimum absolute atomic E-state index is 0.0282. The van der Waals surface area contributed by atoms with Gasteiger partial charge in [0.25, 0.3) is 0 Å². The third-order valence-electron chi connectivity index (χ3n) is 12.4. The number of carbonyl (C=O) groups is 2. The second-order valence-electron chi connectivity index (χ2n) is 18.2. The molecule has 1 fully saturated rings. The van der Waals surface area contributed by atoms with Crippen molar-refractivity contribution in [1.29, 1.82) is 0 Å². The van der Waals surface area contributed by atoms with Gasteiger partial charge in [-0.2, -0.15) is 0 Å². The molecule has 7 atom stereocenters. The lowest BCUT2D eigenvalue weighted by molar-refractivity contribution is -0.302. The molecule has 7 unspecified atom stereocenters. The molecule has 1 amide bonds. The molecular weight excluding hydrogens is 787 g/mol. The van der Waals surface area contributed by atoms with Crippen molar-refractivity contribution < 1.29 is 49.3 Å². The maximum absolute atomic E-state index is 13.0. The average Bonchev–Trinajstić information content (AvgIpc) is 3.27. The summed E-state index contributed by atoms with van der Waals surface area (Å²) in [5, 5.41) is 54.1. The van der Waals surface area contributed by atoms with Crippen molar-refractivity contribution in [2.75, 3.05) is 19.8 Å². The number of carbonyl (C=O) groups excluding carboxylic acids is 2. The zero-order valence-corrected chi connectivity index (χ0v) is 39.8. The highest BCUT2D eigenvalue weighted by molar-refractivity contribution is 5.76. The summed E-state index contributed by atoms with van der Waals surface area (Å²) in [6.07, 6.45) is 35.7. The number of hydrogen-bond acceptors (Lipinski definition) is 10. The number of allylic oxidation sites excluding steroid dienone is 1. The van der Waals surface area contributed by atoms with Crippen LogP contribution in [0.15, 0.2) is 12.2 Å². The molecule has 0 radical (unpaired) electrons. The first-order valence-corrected chi connectivity index (χ1v) is 26.0. The number of nitrogens with one attached hydrogen (secondary N) is 1. The van der Waals surface area contributed by atoms with E-state index in [4.69, 9.17) is 14.2 Å². The molecule has 1 aliphatic rings. The molecule has 0 saturated carbocycles. The lowest BCUT2D eigenvalue weighted by Crippen LogP contribution is -2.60. The lowest BCUT2D eigenvalue weighted by Gasteiger charge is -2.40. The van der Waals surface area contributed by atoms with Gasteiger partial charge in [0.15, 0.2) is 6.29 Å². The van der Waals surface area contributed by atoms with E-state index in [-0.39, 0.29) is 18.5 Å². The zero-order valence-electron chi connectivity index (χ0n) is 39.8. The van der Waals surface area contributed by atoms with Crippen molar-refractivity contribution in [3.05, 3.63) is 12.2 Å². The van der Waals surface area contributed by atoms with Gasteiger partial charge in [-0.05, 0) is 32.1 Å². The molecular formula is C51H97NO10. The quantitative estimate of drug-likeness (QED) is 0.0196. The van der Waals surface area contributed by atoms with Crippen LogP contribution in [-0.2, 0) is 23.8 Å². The number of aliphatic hydroxyl groups excluding tert-OH is 5. The van der Waals surface area contributed by atoms with Crippen LogP contribution in [0, 0.1) is 0 Å². The molecule has 366 valence electrons. The van der Waals surface area contributed by atoms with Crippen molar-refractivity contribution in [2.45, 2.75) is 281 Å². The Bertz CT molecular complexity index is 1040. The normalized spacial score (nSPS) is 20.1. The summed E-state index contributed by atoms with van der Waals surface area (Å²) in [7, 11) is 0. The number of hydrogen-bond donors (Lipinski definition) is 6. The van der Waals surface area contributed by atoms with Gasteiger partial charge >= 0.3 is 5.97 Å². The van der Waals surface area contributed by atoms with Gasteiger partial charge in [0.1, 0.15) is 24.4 Å². The molecule has 0 aromatic rings. The summed E-state index contributed by atoms with van der Waals surface area (Å²) < 4.78 is 16.6. The van der Waals surface area contributed by atoms with Gasteiger partial charge < -0.3 is 45.1 Å². The van der Waals surface area contributed by atoms with Gasteiger partial charge in [0.2, 0.25) is 5.91 Å². The van der Waals surface area contributed by atoms with Crippen LogP contribution in [0.2, 0.25) is 0 Å². The van der Waals surface area contributed by atoms with Crippen LogP contribution < -0.4 is 5.32 Å². The fraction of sp³-hybridized carbons (Fsp3) is 0.922. The second kappa shape index (κ2) is 42.1. The van der Waals surface area contributed by atoms with E-state index >= 15 is 0 Å². The van der Waals surface area contributed by atoms with Crippen molar-refractivity contribution in [2.24, 2.45) is 0 Å². The maximum Gasteiger partial charge on any atom is 0.305 e. The van der Waals surface area contributed by atoms with Crippen molar-refractivity contribution in [1.82, 2.24) is 5.32 Å². The predicted octanol–water partition coefficient (Wildman–Crippen LogP) is 10.4. The van der Waals surface area contributed by atoms with Crippen LogP contribution in [0.3, 0.4) is 0 Å². The number of esters is 1. The highest BCUT2D eigenvalue weighted by Crippen LogP contribution is 2.23. The van der Waals surface area contributed by atoms with Crippen molar-refractivity contribution >= 4 is 11.9 Å². The monoisotopic (exact) mass is 884 g/mol. The Balaban J connectivity index is 2.15. The molecule has 11 nitrogen and oxygen atoms in total. The average molecular weight is 884 g/mol. The van der Waals surface area contributed by atoms with E-state index in [0.29, 0.717) is 19.4 Å². The summed E-state index contributed by atoms with van der Waals surface area (Å²) in [6.45, 7) is 4.27. The molecule has 62 heavy (non-hydrogen) atoms. The highest BCUT2D eigenvalue weighted by atomic mass is 16.7. The molecule has 0 aromatic carbocycles. The molecule has 6 N–H and O–H groups in total. The van der Waals surface area contributed by atoms with Gasteiger partial charge in [0, 0.05) is 12.8 Å². The lowest BCUT2D eigenvalue weighted by atomic mass is 9.99. The van der Waals surface area contributed by atoms with Gasteiger partial charge in [-0.3, -0.25) is 9.59 Å². The first-order chi connectivity index (χ1) is 30.2. The van der Waals surface area contributed by atoms with Crippen LogP contribution in [0.4, 0.5) is 0 Å². The van der Waals surface area contributed by atoms with Crippen molar-refractivity contribution in [3.8, 4) is 0 Å². The summed E-state index contributed by atoms with van der Waals surface area (Å²) >= 11 is 0. The summed E-state index contributed by atoms with van der Waals surface area (Å²) in [6, 6.07) is -0.817. The summed E-state index contributed by atoms with van der Waals surface area (Å²) in [5.74, 6) is -0.224. The fourth-order valence-corrected chi connectivity index (χ4v) is 8.20. The summed E-state index contributed by atoms with van der Waals surface area (Å²) in [4.78, 5) is 25.0. The van der Waals surface area contributed by atoms with E-state index in [0.717, 1.165) is 70.6 Å². The van der Waals surface area contributed by atoms with Gasteiger partial charge in [0.05, 0.1) is 32.0 Å². The highest BCUT2D eigenvalue weighted by Gasteiger charge is 2.44. The number of aliphatic hydroxyl groups is 5. The molecule has 0 aromatic heterocycles. The molecule has 1 heterocycles. The van der Waals surface area contributed by atoms with Crippen LogP contribution in [-0.4, -0.2) is 100 Å². The Morgan fingerprint density at radius 1 is 0.581 bits per heavy atom. The zero-order chi connectivity index (χ0) is 45.3. The topological polar surface area (TPSA) is 175 Å². The van der Waals surface area contributed by atoms with Crippen LogP contribution in [0.1, 0.15) is 239 Å². The minimum Gasteiger partial charge on any atom is -0.466 e. The van der Waals surface area contributed by atoms with Crippen molar-refractivity contribution in [3.63, 3.8) is 0 Å². The molecule has 0 spiro atoms. The standard InChI is InChI=1S/C51H97NO10/c1-3-5-7-9-11-13-18-23-27-31-35-39-47(56)60-40-36-32-28-24-20-17-15-16-19-22-26-30-34-38-46(55)52-43(42-61-51-50(59)49(58)48(57)45(41-53)62-51)44(54)37-33-29-25-21-14-12-10-8-6-4-2/h33,37,43-45,48-51,53-54,57-59H,3-32,34-36,38-42H2,1-2H3,(H,52,55)/b37-33+. The van der Waals surface area contributed by atoms with E-state index in [1.807, 2.05) is 6.08 Å². The Labute approximate surface area is 378 Å².